The van der Waals surface area contributed by atoms with E-state index in [1.807, 2.05) is 0 Å². The molecule has 1 N–H and O–H groups in total. The fourth-order valence-corrected chi connectivity index (χ4v) is 3.82. The van der Waals surface area contributed by atoms with E-state index in [2.05, 4.69) is 15.3 Å². The predicted molar refractivity (Wildman–Crippen MR) is 99.0 cm³/mol. The summed E-state index contributed by atoms with van der Waals surface area (Å²) < 4.78 is 40.0. The summed E-state index contributed by atoms with van der Waals surface area (Å²) in [6.45, 7) is 5.44. The van der Waals surface area contributed by atoms with Crippen molar-refractivity contribution in [2.24, 2.45) is 0 Å². The number of halogens is 3. The van der Waals surface area contributed by atoms with Crippen LogP contribution in [0.1, 0.15) is 38.1 Å². The second kappa shape index (κ2) is 7.10. The van der Waals surface area contributed by atoms with Gasteiger partial charge in [0.05, 0.1) is 16.3 Å². The monoisotopic (exact) mass is 398 g/mol. The minimum absolute atomic E-state index is 0.0528. The highest BCUT2D eigenvalue weighted by Gasteiger charge is 2.49. The van der Waals surface area contributed by atoms with Gasteiger partial charge in [0.25, 0.3) is 0 Å². The van der Waals surface area contributed by atoms with Crippen molar-refractivity contribution in [3.63, 3.8) is 0 Å². The van der Waals surface area contributed by atoms with Crippen LogP contribution in [0.4, 0.5) is 23.1 Å². The third-order valence-corrected chi connectivity index (χ3v) is 5.90. The van der Waals surface area contributed by atoms with Gasteiger partial charge in [0.1, 0.15) is 5.41 Å². The molecule has 0 saturated carbocycles. The predicted octanol–water partition coefficient (Wildman–Crippen LogP) is 4.98. The third kappa shape index (κ3) is 3.92. The number of aryl methyl sites for hydroxylation is 1. The molecule has 0 unspecified atom stereocenters. The van der Waals surface area contributed by atoms with E-state index in [1.54, 1.807) is 17.9 Å². The molecule has 2 amide bonds. The van der Waals surface area contributed by atoms with Gasteiger partial charge in [-0.2, -0.15) is 13.2 Å². The minimum Gasteiger partial charge on any atom is -0.324 e. The lowest BCUT2D eigenvalue weighted by molar-refractivity contribution is -0.181. The maximum absolute atomic E-state index is 13.3. The molecule has 2 aromatic rings. The second-order valence-electron chi connectivity index (χ2n) is 7.11. The van der Waals surface area contributed by atoms with E-state index in [4.69, 9.17) is 0 Å². The van der Waals surface area contributed by atoms with Gasteiger partial charge in [0.2, 0.25) is 0 Å². The molecule has 146 valence electrons. The van der Waals surface area contributed by atoms with Gasteiger partial charge in [0, 0.05) is 19.3 Å². The SMILES string of the molecule is Cc1nc(NC(=O)N2CCCC2)sc1-c1ccnc(C(C)(C)C(F)(F)F)c1. The van der Waals surface area contributed by atoms with Gasteiger partial charge >= 0.3 is 12.2 Å². The van der Waals surface area contributed by atoms with E-state index in [9.17, 15) is 18.0 Å². The van der Waals surface area contributed by atoms with E-state index >= 15 is 0 Å². The maximum Gasteiger partial charge on any atom is 0.399 e. The first-order valence-corrected chi connectivity index (χ1v) is 9.48. The summed E-state index contributed by atoms with van der Waals surface area (Å²) in [6.07, 6.45) is -1.05. The molecule has 9 heteroatoms. The Bertz CT molecular complexity index is 841. The molecule has 0 bridgehead atoms. The Morgan fingerprint density at radius 3 is 2.56 bits per heavy atom. The third-order valence-electron chi connectivity index (χ3n) is 4.77. The fourth-order valence-electron chi connectivity index (χ4n) is 2.87. The molecule has 0 radical (unpaired) electrons. The zero-order valence-corrected chi connectivity index (χ0v) is 16.2. The number of likely N-dealkylation sites (tertiary alicyclic amines) is 1. The molecule has 1 fully saturated rings. The molecule has 1 aliphatic rings. The zero-order chi connectivity index (χ0) is 19.8. The minimum atomic E-state index is -4.41. The summed E-state index contributed by atoms with van der Waals surface area (Å²) in [6, 6.07) is 2.91. The first-order valence-electron chi connectivity index (χ1n) is 8.66. The lowest BCUT2D eigenvalue weighted by Gasteiger charge is -2.27. The molecule has 3 heterocycles. The quantitative estimate of drug-likeness (QED) is 0.793. The molecular weight excluding hydrogens is 377 g/mol. The number of alkyl halides is 3. The Balaban J connectivity index is 1.86. The van der Waals surface area contributed by atoms with Crippen molar-refractivity contribution >= 4 is 22.5 Å². The number of amides is 2. The summed E-state index contributed by atoms with van der Waals surface area (Å²) >= 11 is 1.25. The highest BCUT2D eigenvalue weighted by atomic mass is 32.1. The topological polar surface area (TPSA) is 58.1 Å². The van der Waals surface area contributed by atoms with Crippen molar-refractivity contribution in [3.8, 4) is 10.4 Å². The van der Waals surface area contributed by atoms with Crippen LogP contribution in [0.5, 0.6) is 0 Å². The van der Waals surface area contributed by atoms with E-state index in [-0.39, 0.29) is 11.7 Å². The molecule has 0 aliphatic carbocycles. The lowest BCUT2D eigenvalue weighted by Crippen LogP contribution is -2.37. The van der Waals surface area contributed by atoms with Gasteiger partial charge in [-0.05, 0) is 51.3 Å². The van der Waals surface area contributed by atoms with E-state index in [1.165, 1.54) is 23.6 Å². The molecule has 5 nitrogen and oxygen atoms in total. The summed E-state index contributed by atoms with van der Waals surface area (Å²) in [5, 5.41) is 3.22. The largest absolute Gasteiger partial charge is 0.399 e. The van der Waals surface area contributed by atoms with Crippen LogP contribution in [0.15, 0.2) is 18.3 Å². The van der Waals surface area contributed by atoms with Crippen molar-refractivity contribution < 1.29 is 18.0 Å². The number of carbonyl (C=O) groups excluding carboxylic acids is 1. The van der Waals surface area contributed by atoms with E-state index < -0.39 is 11.6 Å². The van der Waals surface area contributed by atoms with E-state index in [0.29, 0.717) is 21.3 Å². The average molecular weight is 398 g/mol. The van der Waals surface area contributed by atoms with Crippen LogP contribution in [0.25, 0.3) is 10.4 Å². The van der Waals surface area contributed by atoms with Crippen molar-refractivity contribution in [2.75, 3.05) is 18.4 Å². The number of urea groups is 1. The molecule has 3 rings (SSSR count). The summed E-state index contributed by atoms with van der Waals surface area (Å²) in [5.74, 6) is 0. The number of anilines is 1. The summed E-state index contributed by atoms with van der Waals surface area (Å²) in [5.41, 5.74) is -0.857. The first kappa shape index (κ1) is 19.6. The number of pyridine rings is 1. The number of nitrogens with zero attached hydrogens (tertiary/aromatic N) is 3. The summed E-state index contributed by atoms with van der Waals surface area (Å²) in [7, 11) is 0. The normalized spacial score (nSPS) is 15.3. The Kier molecular flexibility index (Phi) is 5.16. The molecule has 2 aromatic heterocycles. The second-order valence-corrected chi connectivity index (χ2v) is 8.11. The molecular formula is C18H21F3N4OS. The van der Waals surface area contributed by atoms with Crippen LogP contribution in [0.2, 0.25) is 0 Å². The van der Waals surface area contributed by atoms with Crippen molar-refractivity contribution in [2.45, 2.75) is 45.2 Å². The number of hydrogen-bond donors (Lipinski definition) is 1. The van der Waals surface area contributed by atoms with Crippen molar-refractivity contribution in [1.82, 2.24) is 14.9 Å². The van der Waals surface area contributed by atoms with Crippen LogP contribution in [-0.2, 0) is 5.41 Å². The van der Waals surface area contributed by atoms with Crippen molar-refractivity contribution in [1.29, 1.82) is 0 Å². The Hall–Kier alpha value is -2.16. The number of hydrogen-bond acceptors (Lipinski definition) is 4. The zero-order valence-electron chi connectivity index (χ0n) is 15.4. The number of nitrogens with one attached hydrogen (secondary N) is 1. The first-order chi connectivity index (χ1) is 12.6. The highest BCUT2D eigenvalue weighted by molar-refractivity contribution is 7.19. The number of rotatable bonds is 3. The molecule has 27 heavy (non-hydrogen) atoms. The van der Waals surface area contributed by atoms with Crippen LogP contribution in [-0.4, -0.2) is 40.2 Å². The molecule has 0 aromatic carbocycles. The average Bonchev–Trinajstić information content (AvgIpc) is 3.24. The number of carbonyl (C=O) groups is 1. The molecule has 1 saturated heterocycles. The Morgan fingerprint density at radius 1 is 1.26 bits per heavy atom. The maximum atomic E-state index is 13.3. The van der Waals surface area contributed by atoms with Gasteiger partial charge in [-0.3, -0.25) is 10.3 Å². The van der Waals surface area contributed by atoms with Crippen LogP contribution in [0, 0.1) is 6.92 Å². The Labute approximate surface area is 159 Å². The van der Waals surface area contributed by atoms with Crippen molar-refractivity contribution in [3.05, 3.63) is 29.7 Å². The van der Waals surface area contributed by atoms with Gasteiger partial charge in [0.15, 0.2) is 5.13 Å². The smallest absolute Gasteiger partial charge is 0.324 e. The van der Waals surface area contributed by atoms with Gasteiger partial charge in [-0.15, -0.1) is 0 Å². The number of thiazole rings is 1. The standard InChI is InChI=1S/C18H21F3N4OS/c1-11-14(27-15(23-11)24-16(26)25-8-4-5-9-25)12-6-7-22-13(10-12)17(2,3)18(19,20)21/h6-7,10H,4-5,8-9H2,1-3H3,(H,23,24,26). The van der Waals surface area contributed by atoms with Crippen LogP contribution < -0.4 is 5.32 Å². The Morgan fingerprint density at radius 2 is 1.93 bits per heavy atom. The van der Waals surface area contributed by atoms with Gasteiger partial charge in [-0.25, -0.2) is 9.78 Å². The van der Waals surface area contributed by atoms with Crippen LogP contribution in [0.3, 0.4) is 0 Å². The summed E-state index contributed by atoms with van der Waals surface area (Å²) in [4.78, 5) is 22.9. The van der Waals surface area contributed by atoms with Crippen LogP contribution >= 0.6 is 11.3 Å². The lowest BCUT2D eigenvalue weighted by atomic mass is 9.87. The van der Waals surface area contributed by atoms with E-state index in [0.717, 1.165) is 39.8 Å². The van der Waals surface area contributed by atoms with Gasteiger partial charge in [-0.1, -0.05) is 11.3 Å². The fraction of sp³-hybridized carbons (Fsp3) is 0.500. The number of aromatic nitrogens is 2. The molecule has 1 aliphatic heterocycles. The highest BCUT2D eigenvalue weighted by Crippen LogP contribution is 2.41. The molecule has 0 atom stereocenters. The van der Waals surface area contributed by atoms with Gasteiger partial charge < -0.3 is 4.90 Å². The molecule has 0 spiro atoms.